The lowest BCUT2D eigenvalue weighted by molar-refractivity contribution is -0.384. The fourth-order valence-corrected chi connectivity index (χ4v) is 2.46. The topological polar surface area (TPSA) is 98.3 Å². The summed E-state index contributed by atoms with van der Waals surface area (Å²) in [6.07, 6.45) is 3.30. The van der Waals surface area contributed by atoms with E-state index in [4.69, 9.17) is 17.3 Å². The number of nitro benzene ring substituents is 1. The number of halogens is 1. The van der Waals surface area contributed by atoms with E-state index in [1.54, 1.807) is 0 Å². The van der Waals surface area contributed by atoms with Gasteiger partial charge in [-0.05, 0) is 18.3 Å². The average Bonchev–Trinajstić information content (AvgIpc) is 2.36. The third-order valence-corrected chi connectivity index (χ3v) is 4.12. The van der Waals surface area contributed by atoms with Crippen LogP contribution in [-0.4, -0.2) is 17.4 Å². The molecule has 0 bridgehead atoms. The molecule has 1 fully saturated rings. The summed E-state index contributed by atoms with van der Waals surface area (Å²) in [5.74, 6) is -0.429. The predicted octanol–water partition coefficient (Wildman–Crippen LogP) is 2.75. The Balaban J connectivity index is 2.18. The summed E-state index contributed by atoms with van der Waals surface area (Å²) < 4.78 is 0. The van der Waals surface area contributed by atoms with Crippen molar-refractivity contribution in [3.8, 4) is 0 Å². The molecule has 0 atom stereocenters. The number of anilines is 1. The lowest BCUT2D eigenvalue weighted by atomic mass is 9.70. The molecule has 0 heterocycles. The Labute approximate surface area is 121 Å². The zero-order chi connectivity index (χ0) is 14.9. The zero-order valence-electron chi connectivity index (χ0n) is 11.1. The number of nitrogens with one attached hydrogen (secondary N) is 1. The summed E-state index contributed by atoms with van der Waals surface area (Å²) in [4.78, 5) is 22.3. The van der Waals surface area contributed by atoms with Crippen molar-refractivity contribution in [2.24, 2.45) is 5.41 Å². The smallest absolute Gasteiger partial charge is 0.271 e. The summed E-state index contributed by atoms with van der Waals surface area (Å²) in [7, 11) is 0. The molecule has 1 aliphatic carbocycles. The molecule has 2 rings (SSSR count). The molecule has 0 unspecified atom stereocenters. The van der Waals surface area contributed by atoms with Crippen molar-refractivity contribution in [2.45, 2.75) is 26.2 Å². The largest absolute Gasteiger partial charge is 0.397 e. The number of nitrogens with zero attached hydrogens (tertiary/aromatic N) is 1. The maximum Gasteiger partial charge on any atom is 0.271 e. The highest BCUT2D eigenvalue weighted by atomic mass is 35.5. The van der Waals surface area contributed by atoms with Crippen molar-refractivity contribution in [2.75, 3.05) is 12.3 Å². The Morgan fingerprint density at radius 3 is 2.70 bits per heavy atom. The first-order valence-corrected chi connectivity index (χ1v) is 6.72. The van der Waals surface area contributed by atoms with Crippen LogP contribution in [0.1, 0.15) is 36.5 Å². The van der Waals surface area contributed by atoms with Gasteiger partial charge in [0.2, 0.25) is 0 Å². The molecule has 7 heteroatoms. The number of nitro groups is 1. The van der Waals surface area contributed by atoms with Gasteiger partial charge in [0, 0.05) is 18.7 Å². The van der Waals surface area contributed by atoms with Gasteiger partial charge in [0.25, 0.3) is 11.6 Å². The van der Waals surface area contributed by atoms with E-state index < -0.39 is 10.8 Å². The molecule has 1 amide bonds. The second kappa shape index (κ2) is 5.28. The van der Waals surface area contributed by atoms with Crippen molar-refractivity contribution in [1.29, 1.82) is 0 Å². The number of nitrogens with two attached hydrogens (primary N) is 1. The fourth-order valence-electron chi connectivity index (χ4n) is 2.24. The third-order valence-electron chi connectivity index (χ3n) is 3.81. The average molecular weight is 298 g/mol. The van der Waals surface area contributed by atoms with Crippen molar-refractivity contribution < 1.29 is 9.72 Å². The maximum atomic E-state index is 12.1. The minimum absolute atomic E-state index is 0.0132. The summed E-state index contributed by atoms with van der Waals surface area (Å²) in [6, 6.07) is 2.29. The molecule has 20 heavy (non-hydrogen) atoms. The fraction of sp³-hybridized carbons (Fsp3) is 0.462. The molecule has 0 saturated heterocycles. The molecular formula is C13H16ClN3O3. The van der Waals surface area contributed by atoms with Crippen LogP contribution in [0.3, 0.4) is 0 Å². The van der Waals surface area contributed by atoms with Gasteiger partial charge in [0.15, 0.2) is 0 Å². The highest BCUT2D eigenvalue weighted by Gasteiger charge is 2.32. The Bertz CT molecular complexity index is 570. The monoisotopic (exact) mass is 297 g/mol. The SMILES string of the molecule is CC1(CNC(=O)c2cc([N+](=O)[O-])cc(Cl)c2N)CCC1. The van der Waals surface area contributed by atoms with Crippen LogP contribution in [0.4, 0.5) is 11.4 Å². The maximum absolute atomic E-state index is 12.1. The second-order valence-corrected chi connectivity index (χ2v) is 5.90. The molecule has 0 aromatic heterocycles. The predicted molar refractivity (Wildman–Crippen MR) is 76.8 cm³/mol. The number of carbonyl (C=O) groups is 1. The van der Waals surface area contributed by atoms with E-state index in [2.05, 4.69) is 12.2 Å². The highest BCUT2D eigenvalue weighted by Crippen LogP contribution is 2.39. The van der Waals surface area contributed by atoms with Crippen LogP contribution in [0.5, 0.6) is 0 Å². The van der Waals surface area contributed by atoms with Crippen LogP contribution in [0.15, 0.2) is 12.1 Å². The van der Waals surface area contributed by atoms with Gasteiger partial charge in [-0.15, -0.1) is 0 Å². The molecule has 6 nitrogen and oxygen atoms in total. The van der Waals surface area contributed by atoms with Crippen LogP contribution < -0.4 is 11.1 Å². The number of hydrogen-bond donors (Lipinski definition) is 2. The van der Waals surface area contributed by atoms with Crippen molar-refractivity contribution in [1.82, 2.24) is 5.32 Å². The van der Waals surface area contributed by atoms with Gasteiger partial charge in [-0.3, -0.25) is 14.9 Å². The molecule has 1 saturated carbocycles. The van der Waals surface area contributed by atoms with Gasteiger partial charge in [-0.25, -0.2) is 0 Å². The van der Waals surface area contributed by atoms with E-state index >= 15 is 0 Å². The molecule has 0 radical (unpaired) electrons. The number of carbonyl (C=O) groups excluding carboxylic acids is 1. The van der Waals surface area contributed by atoms with Gasteiger partial charge in [-0.2, -0.15) is 0 Å². The molecule has 0 aliphatic heterocycles. The number of hydrogen-bond acceptors (Lipinski definition) is 4. The molecule has 108 valence electrons. The van der Waals surface area contributed by atoms with Gasteiger partial charge in [0.05, 0.1) is 21.2 Å². The summed E-state index contributed by atoms with van der Waals surface area (Å²) in [5.41, 5.74) is 5.71. The van der Waals surface area contributed by atoms with Crippen LogP contribution in [0.2, 0.25) is 5.02 Å². The first-order valence-electron chi connectivity index (χ1n) is 6.34. The number of nitrogen functional groups attached to an aromatic ring is 1. The minimum Gasteiger partial charge on any atom is -0.397 e. The van der Waals surface area contributed by atoms with Crippen molar-refractivity contribution in [3.05, 3.63) is 32.8 Å². The van der Waals surface area contributed by atoms with Crippen molar-refractivity contribution in [3.63, 3.8) is 0 Å². The third kappa shape index (κ3) is 2.85. The van der Waals surface area contributed by atoms with E-state index in [0.29, 0.717) is 6.54 Å². The van der Waals surface area contributed by atoms with Crippen LogP contribution in [0.25, 0.3) is 0 Å². The molecule has 1 aromatic rings. The lowest BCUT2D eigenvalue weighted by Gasteiger charge is -2.38. The molecule has 0 spiro atoms. The minimum atomic E-state index is -0.602. The highest BCUT2D eigenvalue weighted by molar-refractivity contribution is 6.34. The van der Waals surface area contributed by atoms with E-state index in [-0.39, 0.29) is 27.4 Å². The molecule has 1 aliphatic rings. The molecule has 3 N–H and O–H groups in total. The van der Waals surface area contributed by atoms with Gasteiger partial charge in [-0.1, -0.05) is 24.9 Å². The first-order chi connectivity index (χ1) is 9.32. The lowest BCUT2D eigenvalue weighted by Crippen LogP contribution is -2.40. The number of amides is 1. The van der Waals surface area contributed by atoms with Crippen LogP contribution in [-0.2, 0) is 0 Å². The van der Waals surface area contributed by atoms with Crippen LogP contribution >= 0.6 is 11.6 Å². The normalized spacial score (nSPS) is 16.3. The second-order valence-electron chi connectivity index (χ2n) is 5.49. The van der Waals surface area contributed by atoms with Gasteiger partial charge in [0.1, 0.15) is 0 Å². The molecular weight excluding hydrogens is 282 g/mol. The number of non-ortho nitro benzene ring substituents is 1. The van der Waals surface area contributed by atoms with E-state index in [9.17, 15) is 14.9 Å². The Hall–Kier alpha value is -1.82. The number of benzene rings is 1. The number of rotatable bonds is 4. The Morgan fingerprint density at radius 1 is 1.55 bits per heavy atom. The van der Waals surface area contributed by atoms with Crippen molar-refractivity contribution >= 4 is 28.9 Å². The van der Waals surface area contributed by atoms with E-state index in [1.807, 2.05) is 0 Å². The van der Waals surface area contributed by atoms with Crippen LogP contribution in [0, 0.1) is 15.5 Å². The van der Waals surface area contributed by atoms with E-state index in [0.717, 1.165) is 31.4 Å². The standard InChI is InChI=1S/C13H16ClN3O3/c1-13(3-2-4-13)7-16-12(18)9-5-8(17(19)20)6-10(14)11(9)15/h5-6H,2-4,7,15H2,1H3,(H,16,18). The summed E-state index contributed by atoms with van der Waals surface area (Å²) >= 11 is 5.83. The first kappa shape index (κ1) is 14.6. The quantitative estimate of drug-likeness (QED) is 0.507. The summed E-state index contributed by atoms with van der Waals surface area (Å²) in [6.45, 7) is 2.63. The summed E-state index contributed by atoms with van der Waals surface area (Å²) in [5, 5.41) is 13.6. The Morgan fingerprint density at radius 2 is 2.20 bits per heavy atom. The Kier molecular flexibility index (Phi) is 3.85. The molecule has 1 aromatic carbocycles. The zero-order valence-corrected chi connectivity index (χ0v) is 11.9. The van der Waals surface area contributed by atoms with E-state index in [1.165, 1.54) is 0 Å². The van der Waals surface area contributed by atoms with Gasteiger partial charge < -0.3 is 11.1 Å². The van der Waals surface area contributed by atoms with Gasteiger partial charge >= 0.3 is 0 Å².